The molecule has 2 aromatic carbocycles. The Hall–Kier alpha value is -1.59. The number of benzene rings is 2. The van der Waals surface area contributed by atoms with E-state index in [9.17, 15) is 4.79 Å². The molecule has 0 atom stereocenters. The summed E-state index contributed by atoms with van der Waals surface area (Å²) in [5.74, 6) is -0.0528. The molecule has 6 heteroatoms. The summed E-state index contributed by atoms with van der Waals surface area (Å²) in [5, 5.41) is 4.02. The number of nitrogens with zero attached hydrogens (tertiary/aromatic N) is 2. The third-order valence-corrected chi connectivity index (χ3v) is 5.59. The van der Waals surface area contributed by atoms with Crippen molar-refractivity contribution in [3.05, 3.63) is 63.6 Å². The van der Waals surface area contributed by atoms with Crippen molar-refractivity contribution in [3.8, 4) is 0 Å². The minimum atomic E-state index is -0.0528. The van der Waals surface area contributed by atoms with Crippen molar-refractivity contribution in [2.24, 2.45) is 0 Å². The Balaban J connectivity index is 1.48. The molecular weight excluding hydrogens is 381 g/mol. The van der Waals surface area contributed by atoms with Crippen molar-refractivity contribution in [1.82, 2.24) is 9.80 Å². The number of likely N-dealkylation sites (N-methyl/N-ethyl adjacent to an activating group) is 1. The summed E-state index contributed by atoms with van der Waals surface area (Å²) in [6.45, 7) is 4.18. The van der Waals surface area contributed by atoms with Crippen molar-refractivity contribution < 1.29 is 4.79 Å². The molecular formula is C21H25Cl2N3O. The molecule has 4 nitrogen and oxygen atoms in total. The molecule has 2 aromatic rings. The van der Waals surface area contributed by atoms with E-state index in [4.69, 9.17) is 23.2 Å². The van der Waals surface area contributed by atoms with Crippen molar-refractivity contribution in [2.75, 3.05) is 32.0 Å². The molecule has 1 saturated heterocycles. The number of hydrogen-bond donors (Lipinski definition) is 1. The number of rotatable bonds is 7. The first kappa shape index (κ1) is 20.2. The number of carbonyl (C=O) groups excluding carboxylic acids is 1. The highest BCUT2D eigenvalue weighted by molar-refractivity contribution is 6.42. The number of amides is 1. The summed E-state index contributed by atoms with van der Waals surface area (Å²) in [5.41, 5.74) is 3.01. The topological polar surface area (TPSA) is 35.6 Å². The van der Waals surface area contributed by atoms with Crippen LogP contribution >= 0.6 is 23.2 Å². The van der Waals surface area contributed by atoms with Crippen LogP contribution < -0.4 is 5.32 Å². The number of anilines is 1. The standard InChI is InChI=1S/C21H25Cl2N3O/c1-25(14-17-5-4-6-19(22)21(17)23)15-20(27)24-18-9-7-16(8-10-18)13-26-11-2-3-12-26/h4-10H,2-3,11-15H2,1H3,(H,24,27). The second-order valence-corrected chi connectivity index (χ2v) is 7.90. The summed E-state index contributed by atoms with van der Waals surface area (Å²) in [6.07, 6.45) is 2.59. The minimum absolute atomic E-state index is 0.0528. The van der Waals surface area contributed by atoms with Gasteiger partial charge in [-0.1, -0.05) is 47.5 Å². The predicted molar refractivity (Wildman–Crippen MR) is 112 cm³/mol. The molecule has 1 aliphatic heterocycles. The molecule has 0 aromatic heterocycles. The van der Waals surface area contributed by atoms with Gasteiger partial charge in [0.25, 0.3) is 0 Å². The van der Waals surface area contributed by atoms with Gasteiger partial charge in [-0.2, -0.15) is 0 Å². The minimum Gasteiger partial charge on any atom is -0.325 e. The van der Waals surface area contributed by atoms with Crippen LogP contribution in [0.25, 0.3) is 0 Å². The molecule has 0 unspecified atom stereocenters. The molecule has 0 aliphatic carbocycles. The smallest absolute Gasteiger partial charge is 0.238 e. The molecule has 0 spiro atoms. The molecule has 1 N–H and O–H groups in total. The van der Waals surface area contributed by atoms with Gasteiger partial charge in [-0.3, -0.25) is 14.6 Å². The molecule has 1 fully saturated rings. The third-order valence-electron chi connectivity index (χ3n) is 4.73. The van der Waals surface area contributed by atoms with Crippen molar-refractivity contribution in [1.29, 1.82) is 0 Å². The first-order valence-corrected chi connectivity index (χ1v) is 9.99. The van der Waals surface area contributed by atoms with Gasteiger partial charge >= 0.3 is 0 Å². The highest BCUT2D eigenvalue weighted by atomic mass is 35.5. The SMILES string of the molecule is CN(CC(=O)Nc1ccc(CN2CCCC2)cc1)Cc1cccc(Cl)c1Cl. The van der Waals surface area contributed by atoms with E-state index in [0.29, 0.717) is 16.6 Å². The lowest BCUT2D eigenvalue weighted by Crippen LogP contribution is -2.30. The molecule has 27 heavy (non-hydrogen) atoms. The van der Waals surface area contributed by atoms with Crippen LogP contribution in [0.1, 0.15) is 24.0 Å². The van der Waals surface area contributed by atoms with E-state index >= 15 is 0 Å². The van der Waals surface area contributed by atoms with Crippen molar-refractivity contribution >= 4 is 34.8 Å². The molecule has 1 aliphatic rings. The van der Waals surface area contributed by atoms with Gasteiger partial charge in [0.1, 0.15) is 0 Å². The van der Waals surface area contributed by atoms with Crippen LogP contribution in [-0.2, 0) is 17.9 Å². The van der Waals surface area contributed by atoms with Crippen molar-refractivity contribution in [3.63, 3.8) is 0 Å². The van der Waals surface area contributed by atoms with Crippen LogP contribution in [0, 0.1) is 0 Å². The van der Waals surface area contributed by atoms with Crippen LogP contribution in [0.15, 0.2) is 42.5 Å². The Labute approximate surface area is 171 Å². The van der Waals surface area contributed by atoms with Crippen LogP contribution in [0.5, 0.6) is 0 Å². The van der Waals surface area contributed by atoms with Crippen LogP contribution in [0.2, 0.25) is 10.0 Å². The molecule has 3 rings (SSSR count). The molecule has 0 saturated carbocycles. The number of nitrogens with one attached hydrogen (secondary N) is 1. The van der Waals surface area contributed by atoms with Crippen LogP contribution in [0.4, 0.5) is 5.69 Å². The fourth-order valence-corrected chi connectivity index (χ4v) is 3.74. The summed E-state index contributed by atoms with van der Waals surface area (Å²) in [6, 6.07) is 13.7. The third kappa shape index (κ3) is 5.94. The molecule has 0 radical (unpaired) electrons. The van der Waals surface area contributed by atoms with E-state index in [0.717, 1.165) is 17.8 Å². The fraction of sp³-hybridized carbons (Fsp3) is 0.381. The summed E-state index contributed by atoms with van der Waals surface area (Å²) < 4.78 is 0. The number of hydrogen-bond acceptors (Lipinski definition) is 3. The van der Waals surface area contributed by atoms with Gasteiger partial charge in [-0.15, -0.1) is 0 Å². The molecule has 1 amide bonds. The highest BCUT2D eigenvalue weighted by Gasteiger charge is 2.13. The average Bonchev–Trinajstić information content (AvgIpc) is 3.13. The Bertz CT molecular complexity index is 773. The van der Waals surface area contributed by atoms with Gasteiger partial charge in [0.2, 0.25) is 5.91 Å². The summed E-state index contributed by atoms with van der Waals surface area (Å²) in [7, 11) is 1.88. The lowest BCUT2D eigenvalue weighted by molar-refractivity contribution is -0.117. The Morgan fingerprint density at radius 3 is 2.52 bits per heavy atom. The summed E-state index contributed by atoms with van der Waals surface area (Å²) in [4.78, 5) is 16.7. The second kappa shape index (κ2) is 9.56. The Morgan fingerprint density at radius 2 is 1.81 bits per heavy atom. The Kier molecular flexibility index (Phi) is 7.13. The molecule has 1 heterocycles. The van der Waals surface area contributed by atoms with Gasteiger partial charge in [-0.05, 0) is 62.3 Å². The lowest BCUT2D eigenvalue weighted by Gasteiger charge is -2.18. The normalized spacial score (nSPS) is 14.7. The van der Waals surface area contributed by atoms with Crippen molar-refractivity contribution in [2.45, 2.75) is 25.9 Å². The zero-order chi connectivity index (χ0) is 19.2. The second-order valence-electron chi connectivity index (χ2n) is 7.11. The zero-order valence-corrected chi connectivity index (χ0v) is 17.1. The molecule has 0 bridgehead atoms. The van der Waals surface area contributed by atoms with Gasteiger partial charge in [0, 0.05) is 18.8 Å². The van der Waals surface area contributed by atoms with Gasteiger partial charge in [0.05, 0.1) is 16.6 Å². The van der Waals surface area contributed by atoms with Crippen LogP contribution in [0.3, 0.4) is 0 Å². The van der Waals surface area contributed by atoms with E-state index in [1.165, 1.54) is 31.5 Å². The highest BCUT2D eigenvalue weighted by Crippen LogP contribution is 2.26. The fourth-order valence-electron chi connectivity index (χ4n) is 3.36. The maximum Gasteiger partial charge on any atom is 0.238 e. The van der Waals surface area contributed by atoms with Gasteiger partial charge < -0.3 is 5.32 Å². The average molecular weight is 406 g/mol. The van der Waals surface area contributed by atoms with E-state index in [-0.39, 0.29) is 12.5 Å². The van der Waals surface area contributed by atoms with E-state index in [2.05, 4.69) is 22.3 Å². The van der Waals surface area contributed by atoms with E-state index < -0.39 is 0 Å². The van der Waals surface area contributed by atoms with Gasteiger partial charge in [-0.25, -0.2) is 0 Å². The number of halogens is 2. The van der Waals surface area contributed by atoms with Crippen LogP contribution in [-0.4, -0.2) is 42.4 Å². The van der Waals surface area contributed by atoms with Gasteiger partial charge in [0.15, 0.2) is 0 Å². The zero-order valence-electron chi connectivity index (χ0n) is 15.5. The summed E-state index contributed by atoms with van der Waals surface area (Å²) >= 11 is 12.3. The molecule has 144 valence electrons. The first-order valence-electron chi connectivity index (χ1n) is 9.24. The van der Waals surface area contributed by atoms with E-state index in [1.807, 2.05) is 36.2 Å². The van der Waals surface area contributed by atoms with E-state index in [1.54, 1.807) is 6.07 Å². The number of likely N-dealkylation sites (tertiary alicyclic amines) is 1. The lowest BCUT2D eigenvalue weighted by atomic mass is 10.2. The maximum absolute atomic E-state index is 12.3. The largest absolute Gasteiger partial charge is 0.325 e. The first-order chi connectivity index (χ1) is 13.0. The Morgan fingerprint density at radius 1 is 1.11 bits per heavy atom. The number of carbonyl (C=O) groups is 1. The maximum atomic E-state index is 12.3. The monoisotopic (exact) mass is 405 g/mol. The predicted octanol–water partition coefficient (Wildman–Crippen LogP) is 4.66. The quantitative estimate of drug-likeness (QED) is 0.727.